The number of nitrogen functional groups attached to an aromatic ring is 1. The molecule has 3 nitrogen and oxygen atoms in total. The molecule has 1 rings (SSSR count). The van der Waals surface area contributed by atoms with Crippen LogP contribution in [0.3, 0.4) is 0 Å². The molecule has 0 bridgehead atoms. The van der Waals surface area contributed by atoms with Gasteiger partial charge < -0.3 is 10.6 Å². The molecule has 0 radical (unpaired) electrons. The first kappa shape index (κ1) is 15.5. The second-order valence-electron chi connectivity index (χ2n) is 6.13. The van der Waals surface area contributed by atoms with E-state index in [9.17, 15) is 0 Å². The van der Waals surface area contributed by atoms with Crippen molar-refractivity contribution in [3.63, 3.8) is 0 Å². The number of hydrogen-bond acceptors (Lipinski definition) is 2. The lowest BCUT2D eigenvalue weighted by molar-refractivity contribution is 0.552. The fourth-order valence-corrected chi connectivity index (χ4v) is 2.28. The maximum Gasteiger partial charge on any atom is 0.124 e. The third-order valence-electron chi connectivity index (χ3n) is 2.96. The molecule has 1 aromatic rings. The second kappa shape index (κ2) is 6.60. The van der Waals surface area contributed by atoms with E-state index in [1.165, 1.54) is 5.56 Å². The minimum absolute atomic E-state index is 0.146. The standard InChI is InChI=1S/C16H27N3/c1-11(2)9-19(10-12(3)4)15-8-13(5)6-7-14(15)16(17)18/h6-8,11-12H,9-10H2,1-5H3,(H3,17,18). The van der Waals surface area contributed by atoms with Gasteiger partial charge >= 0.3 is 0 Å². The number of rotatable bonds is 6. The molecule has 19 heavy (non-hydrogen) atoms. The first-order valence-corrected chi connectivity index (χ1v) is 7.01. The Morgan fingerprint density at radius 3 is 2.11 bits per heavy atom. The van der Waals surface area contributed by atoms with E-state index < -0.39 is 0 Å². The average molecular weight is 261 g/mol. The summed E-state index contributed by atoms with van der Waals surface area (Å²) >= 11 is 0. The monoisotopic (exact) mass is 261 g/mol. The third-order valence-corrected chi connectivity index (χ3v) is 2.96. The third kappa shape index (κ3) is 4.58. The van der Waals surface area contributed by atoms with Crippen molar-refractivity contribution in [3.8, 4) is 0 Å². The molecule has 0 unspecified atom stereocenters. The number of nitrogens with two attached hydrogens (primary N) is 1. The van der Waals surface area contributed by atoms with E-state index in [1.807, 2.05) is 12.1 Å². The summed E-state index contributed by atoms with van der Waals surface area (Å²) < 4.78 is 0. The van der Waals surface area contributed by atoms with Gasteiger partial charge in [0.2, 0.25) is 0 Å². The van der Waals surface area contributed by atoms with Crippen molar-refractivity contribution in [3.05, 3.63) is 29.3 Å². The number of amidine groups is 1. The summed E-state index contributed by atoms with van der Waals surface area (Å²) in [6.45, 7) is 12.9. The van der Waals surface area contributed by atoms with Gasteiger partial charge in [0.15, 0.2) is 0 Å². The summed E-state index contributed by atoms with van der Waals surface area (Å²) in [5, 5.41) is 7.76. The fourth-order valence-electron chi connectivity index (χ4n) is 2.28. The summed E-state index contributed by atoms with van der Waals surface area (Å²) in [5.41, 5.74) is 8.86. The van der Waals surface area contributed by atoms with E-state index in [4.69, 9.17) is 11.1 Å². The smallest absolute Gasteiger partial charge is 0.124 e. The highest BCUT2D eigenvalue weighted by atomic mass is 15.1. The molecule has 0 amide bonds. The highest BCUT2D eigenvalue weighted by Crippen LogP contribution is 2.24. The van der Waals surface area contributed by atoms with Crippen molar-refractivity contribution >= 4 is 11.5 Å². The molecule has 0 aromatic heterocycles. The van der Waals surface area contributed by atoms with Crippen molar-refractivity contribution in [2.75, 3.05) is 18.0 Å². The highest BCUT2D eigenvalue weighted by molar-refractivity contribution is 6.00. The molecule has 0 atom stereocenters. The molecule has 1 aromatic carbocycles. The number of anilines is 1. The highest BCUT2D eigenvalue weighted by Gasteiger charge is 2.15. The molecular weight excluding hydrogens is 234 g/mol. The Morgan fingerprint density at radius 1 is 1.16 bits per heavy atom. The summed E-state index contributed by atoms with van der Waals surface area (Å²) in [6, 6.07) is 6.12. The summed E-state index contributed by atoms with van der Waals surface area (Å²) in [5.74, 6) is 1.31. The molecule has 0 heterocycles. The Morgan fingerprint density at radius 2 is 1.68 bits per heavy atom. The number of aryl methyl sites for hydroxylation is 1. The minimum Gasteiger partial charge on any atom is -0.384 e. The maximum atomic E-state index is 7.76. The molecule has 0 saturated heterocycles. The maximum absolute atomic E-state index is 7.76. The molecule has 0 fully saturated rings. The predicted molar refractivity (Wildman–Crippen MR) is 84.1 cm³/mol. The van der Waals surface area contributed by atoms with Crippen LogP contribution in [0.1, 0.15) is 38.8 Å². The van der Waals surface area contributed by atoms with Gasteiger partial charge in [-0.05, 0) is 36.5 Å². The quantitative estimate of drug-likeness (QED) is 0.609. The molecule has 0 saturated carbocycles. The Bertz CT molecular complexity index is 426. The van der Waals surface area contributed by atoms with E-state index in [2.05, 4.69) is 45.6 Å². The molecular formula is C16H27N3. The molecule has 3 N–H and O–H groups in total. The van der Waals surface area contributed by atoms with Crippen LogP contribution in [0.2, 0.25) is 0 Å². The van der Waals surface area contributed by atoms with Gasteiger partial charge in [-0.15, -0.1) is 0 Å². The fraction of sp³-hybridized carbons (Fsp3) is 0.562. The number of hydrogen-bond donors (Lipinski definition) is 2. The van der Waals surface area contributed by atoms with E-state index in [0.717, 1.165) is 24.3 Å². The first-order valence-electron chi connectivity index (χ1n) is 7.01. The average Bonchev–Trinajstić information content (AvgIpc) is 2.26. The molecule has 0 aliphatic carbocycles. The van der Waals surface area contributed by atoms with Crippen molar-refractivity contribution < 1.29 is 0 Å². The van der Waals surface area contributed by atoms with Crippen LogP contribution in [0, 0.1) is 24.2 Å². The minimum atomic E-state index is 0.146. The van der Waals surface area contributed by atoms with Crippen molar-refractivity contribution in [2.45, 2.75) is 34.6 Å². The Labute approximate surface area is 117 Å². The van der Waals surface area contributed by atoms with Crippen molar-refractivity contribution in [1.82, 2.24) is 0 Å². The van der Waals surface area contributed by atoms with Gasteiger partial charge in [0.05, 0.1) is 0 Å². The Balaban J connectivity index is 3.18. The zero-order chi connectivity index (χ0) is 14.6. The zero-order valence-corrected chi connectivity index (χ0v) is 12.8. The van der Waals surface area contributed by atoms with Crippen LogP contribution in [0.4, 0.5) is 5.69 Å². The van der Waals surface area contributed by atoms with E-state index >= 15 is 0 Å². The van der Waals surface area contributed by atoms with E-state index in [1.54, 1.807) is 0 Å². The van der Waals surface area contributed by atoms with Gasteiger partial charge in [0, 0.05) is 24.3 Å². The van der Waals surface area contributed by atoms with Crippen LogP contribution in [0.15, 0.2) is 18.2 Å². The molecule has 0 aliphatic rings. The normalized spacial score (nSPS) is 11.1. The van der Waals surface area contributed by atoms with E-state index in [-0.39, 0.29) is 5.84 Å². The molecule has 3 heteroatoms. The molecule has 0 aliphatic heterocycles. The van der Waals surface area contributed by atoms with Crippen LogP contribution >= 0.6 is 0 Å². The van der Waals surface area contributed by atoms with Crippen LogP contribution in [0.25, 0.3) is 0 Å². The van der Waals surface area contributed by atoms with Crippen LogP contribution in [0.5, 0.6) is 0 Å². The van der Waals surface area contributed by atoms with Crippen molar-refractivity contribution in [1.29, 1.82) is 5.41 Å². The van der Waals surface area contributed by atoms with Gasteiger partial charge in [-0.2, -0.15) is 0 Å². The second-order valence-corrected chi connectivity index (χ2v) is 6.13. The lowest BCUT2D eigenvalue weighted by Gasteiger charge is -2.30. The first-order chi connectivity index (χ1) is 8.81. The molecule has 106 valence electrons. The lowest BCUT2D eigenvalue weighted by Crippen LogP contribution is -2.33. The summed E-state index contributed by atoms with van der Waals surface area (Å²) in [4.78, 5) is 2.36. The van der Waals surface area contributed by atoms with Crippen LogP contribution in [-0.4, -0.2) is 18.9 Å². The lowest BCUT2D eigenvalue weighted by atomic mass is 10.0. The Hall–Kier alpha value is -1.51. The van der Waals surface area contributed by atoms with Gasteiger partial charge in [-0.1, -0.05) is 33.8 Å². The predicted octanol–water partition coefficient (Wildman–Crippen LogP) is 3.40. The zero-order valence-electron chi connectivity index (χ0n) is 12.8. The summed E-state index contributed by atoms with van der Waals surface area (Å²) in [7, 11) is 0. The topological polar surface area (TPSA) is 53.1 Å². The SMILES string of the molecule is Cc1ccc(C(=N)N)c(N(CC(C)C)CC(C)C)c1. The van der Waals surface area contributed by atoms with E-state index in [0.29, 0.717) is 11.8 Å². The van der Waals surface area contributed by atoms with Crippen LogP contribution in [-0.2, 0) is 0 Å². The van der Waals surface area contributed by atoms with Crippen molar-refractivity contribution in [2.24, 2.45) is 17.6 Å². The van der Waals surface area contributed by atoms with Crippen LogP contribution < -0.4 is 10.6 Å². The van der Waals surface area contributed by atoms with Gasteiger partial charge in [0.1, 0.15) is 5.84 Å². The number of nitrogens with one attached hydrogen (secondary N) is 1. The molecule has 0 spiro atoms. The number of nitrogens with zero attached hydrogens (tertiary/aromatic N) is 1. The largest absolute Gasteiger partial charge is 0.384 e. The van der Waals surface area contributed by atoms with Gasteiger partial charge in [0.25, 0.3) is 0 Å². The summed E-state index contributed by atoms with van der Waals surface area (Å²) in [6.07, 6.45) is 0. The van der Waals surface area contributed by atoms with Gasteiger partial charge in [-0.25, -0.2) is 0 Å². The Kier molecular flexibility index (Phi) is 5.40. The number of benzene rings is 1. The van der Waals surface area contributed by atoms with Gasteiger partial charge in [-0.3, -0.25) is 5.41 Å².